The molecule has 0 aliphatic heterocycles. The molecule has 0 aromatic rings. The lowest BCUT2D eigenvalue weighted by Gasteiger charge is -2.01. The molecule has 0 aliphatic rings. The van der Waals surface area contributed by atoms with Crippen molar-refractivity contribution in [2.45, 2.75) is 27.7 Å². The second kappa shape index (κ2) is 5.58. The van der Waals surface area contributed by atoms with Gasteiger partial charge in [-0.25, -0.2) is 0 Å². The fourth-order valence-electron chi connectivity index (χ4n) is 0.518. The molecule has 0 saturated carbocycles. The molecule has 0 atom stereocenters. The molecule has 68 valence electrons. The first-order valence-corrected chi connectivity index (χ1v) is 4.17. The van der Waals surface area contributed by atoms with Gasteiger partial charge in [-0.1, -0.05) is 25.5 Å². The Morgan fingerprint density at radius 3 is 2.42 bits per heavy atom. The zero-order chi connectivity index (χ0) is 9.56. The van der Waals surface area contributed by atoms with E-state index in [4.69, 9.17) is 0 Å². The Morgan fingerprint density at radius 2 is 2.00 bits per heavy atom. The van der Waals surface area contributed by atoms with Gasteiger partial charge in [0.25, 0.3) is 0 Å². The molecule has 0 rings (SSSR count). The first-order valence-electron chi connectivity index (χ1n) is 4.17. The van der Waals surface area contributed by atoms with Crippen molar-refractivity contribution < 1.29 is 4.79 Å². The second-order valence-corrected chi connectivity index (χ2v) is 3.03. The van der Waals surface area contributed by atoms with Gasteiger partial charge in [0.15, 0.2) is 0 Å². The number of rotatable bonds is 3. The number of amides is 1. The first kappa shape index (κ1) is 11.0. The van der Waals surface area contributed by atoms with Gasteiger partial charge in [-0.05, 0) is 19.9 Å². The highest BCUT2D eigenvalue weighted by Crippen LogP contribution is 1.93. The monoisotopic (exact) mass is 167 g/mol. The molecule has 0 bridgehead atoms. The highest BCUT2D eigenvalue weighted by Gasteiger charge is 2.02. The highest BCUT2D eigenvalue weighted by atomic mass is 16.1. The lowest BCUT2D eigenvalue weighted by Crippen LogP contribution is -2.22. The Kier molecular flexibility index (Phi) is 5.09. The summed E-state index contributed by atoms with van der Waals surface area (Å²) in [4.78, 5) is 11.0. The van der Waals surface area contributed by atoms with Gasteiger partial charge >= 0.3 is 0 Å². The number of carbonyl (C=O) groups excluding carboxylic acids is 1. The maximum atomic E-state index is 11.0. The predicted molar refractivity (Wildman–Crippen MR) is 51.6 cm³/mol. The third kappa shape index (κ3) is 4.72. The van der Waals surface area contributed by atoms with E-state index in [0.717, 1.165) is 5.57 Å². The summed E-state index contributed by atoms with van der Waals surface area (Å²) in [6.07, 6.45) is 5.54. The third-order valence-corrected chi connectivity index (χ3v) is 1.55. The minimum absolute atomic E-state index is 0.0422. The Balaban J connectivity index is 3.83. The van der Waals surface area contributed by atoms with Gasteiger partial charge in [-0.3, -0.25) is 4.79 Å². The van der Waals surface area contributed by atoms with Crippen molar-refractivity contribution in [3.05, 3.63) is 23.9 Å². The van der Waals surface area contributed by atoms with E-state index < -0.39 is 0 Å². The van der Waals surface area contributed by atoms with Gasteiger partial charge < -0.3 is 5.32 Å². The summed E-state index contributed by atoms with van der Waals surface area (Å²) in [5.41, 5.74) is 1.14. The normalized spacial score (nSPS) is 12.6. The Bertz CT molecular complexity index is 202. The summed E-state index contributed by atoms with van der Waals surface area (Å²) < 4.78 is 0. The fourth-order valence-corrected chi connectivity index (χ4v) is 0.518. The smallest absolute Gasteiger partial charge is 0.226 e. The SMILES string of the molecule is CC=C(C)C=CNC(=O)C(C)C. The van der Waals surface area contributed by atoms with E-state index in [9.17, 15) is 4.79 Å². The first-order chi connectivity index (χ1) is 5.57. The zero-order valence-electron chi connectivity index (χ0n) is 8.22. The van der Waals surface area contributed by atoms with Crippen LogP contribution in [0.25, 0.3) is 0 Å². The van der Waals surface area contributed by atoms with Gasteiger partial charge in [0.05, 0.1) is 0 Å². The fraction of sp³-hybridized carbons (Fsp3) is 0.500. The average molecular weight is 167 g/mol. The topological polar surface area (TPSA) is 29.1 Å². The molecule has 2 heteroatoms. The van der Waals surface area contributed by atoms with Crippen LogP contribution in [0, 0.1) is 5.92 Å². The summed E-state index contributed by atoms with van der Waals surface area (Å²) >= 11 is 0. The molecule has 0 spiro atoms. The summed E-state index contributed by atoms with van der Waals surface area (Å²) in [6, 6.07) is 0. The van der Waals surface area contributed by atoms with E-state index in [2.05, 4.69) is 5.32 Å². The van der Waals surface area contributed by atoms with Crippen molar-refractivity contribution >= 4 is 5.91 Å². The molecule has 0 aromatic carbocycles. The lowest BCUT2D eigenvalue weighted by molar-refractivity contribution is -0.123. The molecule has 1 amide bonds. The van der Waals surface area contributed by atoms with Gasteiger partial charge in [0.1, 0.15) is 0 Å². The van der Waals surface area contributed by atoms with E-state index in [-0.39, 0.29) is 11.8 Å². The van der Waals surface area contributed by atoms with E-state index in [1.165, 1.54) is 0 Å². The number of allylic oxidation sites excluding steroid dienone is 3. The van der Waals surface area contributed by atoms with Crippen molar-refractivity contribution in [3.8, 4) is 0 Å². The van der Waals surface area contributed by atoms with E-state index in [0.29, 0.717) is 0 Å². The van der Waals surface area contributed by atoms with Gasteiger partial charge in [-0.2, -0.15) is 0 Å². The Hall–Kier alpha value is -1.05. The van der Waals surface area contributed by atoms with Gasteiger partial charge in [0.2, 0.25) is 5.91 Å². The molecule has 1 N–H and O–H groups in total. The largest absolute Gasteiger partial charge is 0.332 e. The molecule has 0 heterocycles. The van der Waals surface area contributed by atoms with E-state index in [1.54, 1.807) is 6.20 Å². The molecule has 0 aromatic heterocycles. The molecule has 0 unspecified atom stereocenters. The summed E-state index contributed by atoms with van der Waals surface area (Å²) in [6.45, 7) is 7.68. The Morgan fingerprint density at radius 1 is 1.42 bits per heavy atom. The van der Waals surface area contributed by atoms with Crippen molar-refractivity contribution in [1.82, 2.24) is 5.32 Å². The number of hydrogen-bond donors (Lipinski definition) is 1. The third-order valence-electron chi connectivity index (χ3n) is 1.55. The minimum Gasteiger partial charge on any atom is -0.332 e. The van der Waals surface area contributed by atoms with Crippen LogP contribution in [0.4, 0.5) is 0 Å². The number of nitrogens with one attached hydrogen (secondary N) is 1. The van der Waals surface area contributed by atoms with Crippen LogP contribution in [0.3, 0.4) is 0 Å². The van der Waals surface area contributed by atoms with Crippen molar-refractivity contribution in [2.75, 3.05) is 0 Å². The lowest BCUT2D eigenvalue weighted by atomic mass is 10.2. The molecule has 0 aliphatic carbocycles. The van der Waals surface area contributed by atoms with Crippen LogP contribution < -0.4 is 5.32 Å². The van der Waals surface area contributed by atoms with Crippen LogP contribution in [0.5, 0.6) is 0 Å². The Labute approximate surface area is 74.4 Å². The maximum Gasteiger partial charge on any atom is 0.226 e. The summed E-state index contributed by atoms with van der Waals surface area (Å²) in [5.74, 6) is 0.0933. The van der Waals surface area contributed by atoms with Crippen LogP contribution in [0.2, 0.25) is 0 Å². The van der Waals surface area contributed by atoms with Gasteiger partial charge in [0, 0.05) is 12.1 Å². The number of carbonyl (C=O) groups is 1. The van der Waals surface area contributed by atoms with Crippen LogP contribution in [0.1, 0.15) is 27.7 Å². The standard InChI is InChI=1S/C10H17NO/c1-5-9(4)6-7-11-10(12)8(2)3/h5-8H,1-4H3,(H,11,12). The van der Waals surface area contributed by atoms with Crippen LogP contribution >= 0.6 is 0 Å². The average Bonchev–Trinajstić information content (AvgIpc) is 2.03. The minimum atomic E-state index is 0.0422. The summed E-state index contributed by atoms with van der Waals surface area (Å²) in [5, 5.41) is 2.69. The van der Waals surface area contributed by atoms with E-state index >= 15 is 0 Å². The molecule has 0 saturated heterocycles. The number of hydrogen-bond acceptors (Lipinski definition) is 1. The highest BCUT2D eigenvalue weighted by molar-refractivity contribution is 5.78. The van der Waals surface area contributed by atoms with Crippen LogP contribution in [0.15, 0.2) is 23.9 Å². The van der Waals surface area contributed by atoms with Crippen molar-refractivity contribution in [1.29, 1.82) is 0 Å². The molecule has 0 fully saturated rings. The molecule has 12 heavy (non-hydrogen) atoms. The second-order valence-electron chi connectivity index (χ2n) is 3.03. The molecular weight excluding hydrogens is 150 g/mol. The zero-order valence-corrected chi connectivity index (χ0v) is 8.22. The predicted octanol–water partition coefficient (Wildman–Crippen LogP) is 2.24. The molecule has 0 radical (unpaired) electrons. The van der Waals surface area contributed by atoms with E-state index in [1.807, 2.05) is 39.8 Å². The molecular formula is C10H17NO. The maximum absolute atomic E-state index is 11.0. The van der Waals surface area contributed by atoms with Crippen molar-refractivity contribution in [2.24, 2.45) is 5.92 Å². The molecule has 2 nitrogen and oxygen atoms in total. The van der Waals surface area contributed by atoms with Crippen LogP contribution in [-0.4, -0.2) is 5.91 Å². The van der Waals surface area contributed by atoms with Gasteiger partial charge in [-0.15, -0.1) is 0 Å². The van der Waals surface area contributed by atoms with Crippen LogP contribution in [-0.2, 0) is 4.79 Å². The quantitative estimate of drug-likeness (QED) is 0.642. The van der Waals surface area contributed by atoms with Crippen molar-refractivity contribution in [3.63, 3.8) is 0 Å². The summed E-state index contributed by atoms with van der Waals surface area (Å²) in [7, 11) is 0.